The van der Waals surface area contributed by atoms with Gasteiger partial charge in [0.25, 0.3) is 11.7 Å². The first-order chi connectivity index (χ1) is 6.66. The zero-order chi connectivity index (χ0) is 10.1. The summed E-state index contributed by atoms with van der Waals surface area (Å²) in [6, 6.07) is 3.40. The highest BCUT2D eigenvalue weighted by molar-refractivity contribution is 7.18. The molecule has 0 atom stereocenters. The predicted octanol–water partition coefficient (Wildman–Crippen LogP) is 1.86. The number of carbonyl (C=O) groups is 2. The van der Waals surface area contributed by atoms with E-state index in [2.05, 4.69) is 5.32 Å². The Bertz CT molecular complexity index is 384. The summed E-state index contributed by atoms with van der Waals surface area (Å²) in [5.41, 5.74) is 0. The number of rotatable bonds is 3. The number of carbonyl (C=O) groups excluding carboxylic acids is 2. The molecule has 74 valence electrons. The molecule has 0 saturated heterocycles. The first-order valence-corrected chi connectivity index (χ1v) is 5.47. The van der Waals surface area contributed by atoms with Gasteiger partial charge >= 0.3 is 0 Å². The van der Waals surface area contributed by atoms with Crippen LogP contribution in [0.25, 0.3) is 0 Å². The fourth-order valence-electron chi connectivity index (χ4n) is 1.03. The van der Waals surface area contributed by atoms with Gasteiger partial charge in [0.2, 0.25) is 0 Å². The highest BCUT2D eigenvalue weighted by atomic mass is 35.5. The molecule has 1 N–H and O–H groups in total. The summed E-state index contributed by atoms with van der Waals surface area (Å²) >= 11 is 6.79. The second kappa shape index (κ2) is 3.71. The van der Waals surface area contributed by atoms with E-state index in [9.17, 15) is 9.59 Å². The van der Waals surface area contributed by atoms with Gasteiger partial charge in [0.1, 0.15) is 0 Å². The molecule has 1 amide bonds. The quantitative estimate of drug-likeness (QED) is 0.635. The second-order valence-electron chi connectivity index (χ2n) is 3.18. The number of halogens is 1. The number of amides is 1. The topological polar surface area (TPSA) is 46.2 Å². The molecule has 0 aliphatic heterocycles. The van der Waals surface area contributed by atoms with Crippen molar-refractivity contribution in [2.45, 2.75) is 18.9 Å². The lowest BCUT2D eigenvalue weighted by Gasteiger charge is -1.98. The molecule has 5 heteroatoms. The van der Waals surface area contributed by atoms with Crippen molar-refractivity contribution < 1.29 is 9.59 Å². The lowest BCUT2D eigenvalue weighted by atomic mass is 10.3. The lowest BCUT2D eigenvalue weighted by Crippen LogP contribution is -2.32. The number of hydrogen-bond acceptors (Lipinski definition) is 3. The molecule has 1 aromatic heterocycles. The maximum atomic E-state index is 11.5. The molecule has 0 aromatic carbocycles. The highest BCUT2D eigenvalue weighted by Gasteiger charge is 2.27. The molecule has 0 unspecified atom stereocenters. The number of thiophene rings is 1. The zero-order valence-corrected chi connectivity index (χ0v) is 8.82. The van der Waals surface area contributed by atoms with E-state index >= 15 is 0 Å². The molecule has 3 nitrogen and oxygen atoms in total. The molecule has 0 bridgehead atoms. The SMILES string of the molecule is O=C(NC1CC1)C(=O)c1ccc(Cl)s1. The van der Waals surface area contributed by atoms with Crippen molar-refractivity contribution in [2.24, 2.45) is 0 Å². The van der Waals surface area contributed by atoms with Gasteiger partial charge in [-0.3, -0.25) is 9.59 Å². The first kappa shape index (κ1) is 9.68. The minimum Gasteiger partial charge on any atom is -0.346 e. The van der Waals surface area contributed by atoms with Gasteiger partial charge in [-0.05, 0) is 25.0 Å². The maximum Gasteiger partial charge on any atom is 0.293 e. The van der Waals surface area contributed by atoms with Crippen molar-refractivity contribution in [3.63, 3.8) is 0 Å². The van der Waals surface area contributed by atoms with Gasteiger partial charge in [-0.25, -0.2) is 0 Å². The summed E-state index contributed by atoms with van der Waals surface area (Å²) in [6.45, 7) is 0. The van der Waals surface area contributed by atoms with Gasteiger partial charge in [-0.1, -0.05) is 11.6 Å². The Balaban J connectivity index is 2.03. The smallest absolute Gasteiger partial charge is 0.293 e. The summed E-state index contributed by atoms with van der Waals surface area (Å²) in [4.78, 5) is 23.2. The molecule has 14 heavy (non-hydrogen) atoms. The van der Waals surface area contributed by atoms with Crippen LogP contribution in [0.5, 0.6) is 0 Å². The van der Waals surface area contributed by atoms with Gasteiger partial charge in [0, 0.05) is 6.04 Å². The van der Waals surface area contributed by atoms with Crippen molar-refractivity contribution >= 4 is 34.6 Å². The summed E-state index contributed by atoms with van der Waals surface area (Å²) in [7, 11) is 0. The van der Waals surface area contributed by atoms with E-state index in [1.54, 1.807) is 12.1 Å². The number of nitrogens with one attached hydrogen (secondary N) is 1. The predicted molar refractivity (Wildman–Crippen MR) is 54.8 cm³/mol. The standard InChI is InChI=1S/C9H8ClNO2S/c10-7-4-3-6(14-7)8(12)9(13)11-5-1-2-5/h3-5H,1-2H2,(H,11,13). The molecule has 0 radical (unpaired) electrons. The van der Waals surface area contributed by atoms with Crippen molar-refractivity contribution in [3.8, 4) is 0 Å². The Kier molecular flexibility index (Phi) is 2.56. The Labute approximate surface area is 90.1 Å². The van der Waals surface area contributed by atoms with Gasteiger partial charge < -0.3 is 5.32 Å². The summed E-state index contributed by atoms with van der Waals surface area (Å²) in [5.74, 6) is -1.01. The van der Waals surface area contributed by atoms with Crippen molar-refractivity contribution in [1.29, 1.82) is 0 Å². The Morgan fingerprint density at radius 2 is 2.14 bits per heavy atom. The maximum absolute atomic E-state index is 11.5. The molecule has 1 aromatic rings. The molecular formula is C9H8ClNO2S. The van der Waals surface area contributed by atoms with Crippen molar-refractivity contribution in [2.75, 3.05) is 0 Å². The van der Waals surface area contributed by atoms with E-state index in [-0.39, 0.29) is 6.04 Å². The molecule has 1 fully saturated rings. The van der Waals surface area contributed by atoms with Crippen molar-refractivity contribution in [1.82, 2.24) is 5.32 Å². The Morgan fingerprint density at radius 1 is 1.43 bits per heavy atom. The van der Waals surface area contributed by atoms with E-state index in [0.29, 0.717) is 9.21 Å². The van der Waals surface area contributed by atoms with Crippen LogP contribution in [0.2, 0.25) is 4.34 Å². The van der Waals surface area contributed by atoms with E-state index in [1.807, 2.05) is 0 Å². The molecule has 1 aliphatic rings. The minimum absolute atomic E-state index is 0.210. The molecule has 2 rings (SSSR count). The summed E-state index contributed by atoms with van der Waals surface area (Å²) in [5, 5.41) is 2.64. The number of ketones is 1. The second-order valence-corrected chi connectivity index (χ2v) is 4.90. The fraction of sp³-hybridized carbons (Fsp3) is 0.333. The van der Waals surface area contributed by atoms with E-state index in [1.165, 1.54) is 0 Å². The molecule has 1 aliphatic carbocycles. The van der Waals surface area contributed by atoms with Crippen LogP contribution in [0, 0.1) is 0 Å². The minimum atomic E-state index is -0.522. The average Bonchev–Trinajstić information content (AvgIpc) is 2.85. The lowest BCUT2D eigenvalue weighted by molar-refractivity contribution is -0.117. The van der Waals surface area contributed by atoms with Crippen LogP contribution < -0.4 is 5.32 Å². The van der Waals surface area contributed by atoms with Gasteiger partial charge in [-0.15, -0.1) is 11.3 Å². The fourth-order valence-corrected chi connectivity index (χ4v) is 2.01. The Morgan fingerprint density at radius 3 is 2.64 bits per heavy atom. The largest absolute Gasteiger partial charge is 0.346 e. The van der Waals surface area contributed by atoms with Crippen molar-refractivity contribution in [3.05, 3.63) is 21.3 Å². The van der Waals surface area contributed by atoms with Crippen LogP contribution in [-0.2, 0) is 4.79 Å². The summed E-state index contributed by atoms with van der Waals surface area (Å²) in [6.07, 6.45) is 1.95. The highest BCUT2D eigenvalue weighted by Crippen LogP contribution is 2.23. The third-order valence-electron chi connectivity index (χ3n) is 1.92. The third kappa shape index (κ3) is 2.13. The van der Waals surface area contributed by atoms with Gasteiger partial charge in [0.15, 0.2) is 0 Å². The van der Waals surface area contributed by atoms with E-state index in [4.69, 9.17) is 11.6 Å². The van der Waals surface area contributed by atoms with Crippen LogP contribution in [0.4, 0.5) is 0 Å². The normalized spacial score (nSPS) is 15.2. The van der Waals surface area contributed by atoms with E-state index in [0.717, 1.165) is 24.2 Å². The van der Waals surface area contributed by atoms with Crippen LogP contribution >= 0.6 is 22.9 Å². The first-order valence-electron chi connectivity index (χ1n) is 4.27. The van der Waals surface area contributed by atoms with Crippen LogP contribution in [0.1, 0.15) is 22.5 Å². The molecule has 1 saturated carbocycles. The third-order valence-corrected chi connectivity index (χ3v) is 3.15. The average molecular weight is 230 g/mol. The van der Waals surface area contributed by atoms with Gasteiger partial charge in [0.05, 0.1) is 9.21 Å². The number of hydrogen-bond donors (Lipinski definition) is 1. The van der Waals surface area contributed by atoms with E-state index < -0.39 is 11.7 Å². The Hall–Kier alpha value is -0.870. The summed E-state index contributed by atoms with van der Waals surface area (Å²) < 4.78 is 0.521. The number of Topliss-reactive ketones (excluding diaryl/α,β-unsaturated/α-hetero) is 1. The van der Waals surface area contributed by atoms with Crippen LogP contribution in [-0.4, -0.2) is 17.7 Å². The zero-order valence-electron chi connectivity index (χ0n) is 7.25. The molecular weight excluding hydrogens is 222 g/mol. The van der Waals surface area contributed by atoms with Crippen LogP contribution in [0.15, 0.2) is 12.1 Å². The molecule has 0 spiro atoms. The monoisotopic (exact) mass is 229 g/mol. The van der Waals surface area contributed by atoms with Gasteiger partial charge in [-0.2, -0.15) is 0 Å². The molecule has 1 heterocycles. The van der Waals surface area contributed by atoms with Crippen LogP contribution in [0.3, 0.4) is 0 Å².